The normalized spacial score (nSPS) is 18.1. The van der Waals surface area contributed by atoms with Crippen LogP contribution in [0, 0.1) is 0 Å². The maximum atomic E-state index is 10.9. The number of rotatable bonds is 8. The van der Waals surface area contributed by atoms with Crippen LogP contribution in [0.2, 0.25) is 5.54 Å². The summed E-state index contributed by atoms with van der Waals surface area (Å²) in [6.45, 7) is 3.24. The minimum Gasteiger partial charge on any atom is -0.377 e. The van der Waals surface area contributed by atoms with Gasteiger partial charge in [-0.3, -0.25) is 4.57 Å². The van der Waals surface area contributed by atoms with Gasteiger partial charge in [-0.1, -0.05) is 6.92 Å². The molecular formula is C8H21O6PSi. The monoisotopic (exact) mass is 272 g/mol. The maximum Gasteiger partial charge on any atom is 0.503 e. The molecule has 0 aromatic carbocycles. The quantitative estimate of drug-likeness (QED) is 0.533. The summed E-state index contributed by atoms with van der Waals surface area (Å²) < 4.78 is 31.6. The predicted octanol–water partition coefficient (Wildman–Crippen LogP) is 1.48. The molecule has 0 aliphatic heterocycles. The standard InChI is InChI=1S/C8H21O6PSi/c1-8(6-7-14-15(5,9)10)16(11-2,12-3)13-4/h8H,6-7H2,1-5H3,(H,9,10). The number of hydrogen-bond donors (Lipinski definition) is 1. The van der Waals surface area contributed by atoms with Crippen molar-refractivity contribution in [3.63, 3.8) is 0 Å². The zero-order valence-electron chi connectivity index (χ0n) is 10.4. The van der Waals surface area contributed by atoms with Crippen LogP contribution in [-0.2, 0) is 22.4 Å². The van der Waals surface area contributed by atoms with E-state index < -0.39 is 16.4 Å². The minimum atomic E-state index is -3.41. The van der Waals surface area contributed by atoms with E-state index in [-0.39, 0.29) is 12.1 Å². The Kier molecular flexibility index (Phi) is 6.96. The van der Waals surface area contributed by atoms with E-state index in [0.29, 0.717) is 6.42 Å². The van der Waals surface area contributed by atoms with E-state index >= 15 is 0 Å². The molecule has 8 heteroatoms. The Labute approximate surface area is 97.8 Å². The van der Waals surface area contributed by atoms with Crippen LogP contribution in [0.25, 0.3) is 0 Å². The predicted molar refractivity (Wildman–Crippen MR) is 62.5 cm³/mol. The molecule has 0 aliphatic rings. The summed E-state index contributed by atoms with van der Waals surface area (Å²) in [6.07, 6.45) is 0.542. The average Bonchev–Trinajstić information content (AvgIpc) is 2.19. The topological polar surface area (TPSA) is 74.2 Å². The molecule has 0 saturated heterocycles. The van der Waals surface area contributed by atoms with Gasteiger partial charge >= 0.3 is 16.4 Å². The summed E-state index contributed by atoms with van der Waals surface area (Å²) in [5.74, 6) is 0. The highest BCUT2D eigenvalue weighted by atomic mass is 31.2. The van der Waals surface area contributed by atoms with Crippen LogP contribution in [0.15, 0.2) is 0 Å². The third kappa shape index (κ3) is 5.05. The van der Waals surface area contributed by atoms with Crippen LogP contribution in [-0.4, -0.2) is 48.3 Å². The Morgan fingerprint density at radius 1 is 1.25 bits per heavy atom. The lowest BCUT2D eigenvalue weighted by Gasteiger charge is -2.30. The van der Waals surface area contributed by atoms with Crippen molar-refractivity contribution in [2.24, 2.45) is 0 Å². The molecule has 0 spiro atoms. The van der Waals surface area contributed by atoms with Gasteiger partial charge in [0.05, 0.1) is 6.61 Å². The van der Waals surface area contributed by atoms with Gasteiger partial charge in [-0.25, -0.2) is 0 Å². The Hall–Kier alpha value is 0.247. The summed E-state index contributed by atoms with van der Waals surface area (Å²) in [4.78, 5) is 8.96. The molecule has 0 bridgehead atoms. The van der Waals surface area contributed by atoms with E-state index in [4.69, 9.17) is 22.7 Å². The van der Waals surface area contributed by atoms with Gasteiger partial charge in [-0.15, -0.1) is 0 Å². The van der Waals surface area contributed by atoms with Crippen molar-refractivity contribution in [2.75, 3.05) is 34.6 Å². The second-order valence-corrected chi connectivity index (χ2v) is 8.82. The summed E-state index contributed by atoms with van der Waals surface area (Å²) in [5.41, 5.74) is -0.000880. The summed E-state index contributed by atoms with van der Waals surface area (Å²) in [6, 6.07) is 0. The molecule has 16 heavy (non-hydrogen) atoms. The van der Waals surface area contributed by atoms with Crippen molar-refractivity contribution in [3.8, 4) is 0 Å². The molecule has 0 amide bonds. The minimum absolute atomic E-state index is 0.000880. The zero-order chi connectivity index (χ0) is 12.8. The third-order valence-electron chi connectivity index (χ3n) is 2.34. The first-order chi connectivity index (χ1) is 7.31. The smallest absolute Gasteiger partial charge is 0.377 e. The van der Waals surface area contributed by atoms with Gasteiger partial charge in [0.25, 0.3) is 0 Å². The molecule has 2 unspecified atom stereocenters. The lowest BCUT2D eigenvalue weighted by molar-refractivity contribution is 0.108. The fourth-order valence-corrected chi connectivity index (χ4v) is 4.05. The third-order valence-corrected chi connectivity index (χ3v) is 6.20. The van der Waals surface area contributed by atoms with Crippen LogP contribution in [0.1, 0.15) is 13.3 Å². The fourth-order valence-electron chi connectivity index (χ4n) is 1.43. The van der Waals surface area contributed by atoms with Crippen molar-refractivity contribution in [2.45, 2.75) is 18.9 Å². The highest BCUT2D eigenvalue weighted by molar-refractivity contribution is 7.51. The SMILES string of the molecule is CO[Si](OC)(OC)C(C)CCOP(C)(=O)O. The molecule has 98 valence electrons. The molecule has 0 saturated carbocycles. The fraction of sp³-hybridized carbons (Fsp3) is 1.00. The molecule has 1 N–H and O–H groups in total. The molecule has 0 radical (unpaired) electrons. The van der Waals surface area contributed by atoms with E-state index in [0.717, 1.165) is 6.66 Å². The van der Waals surface area contributed by atoms with Gasteiger partial charge in [-0.2, -0.15) is 0 Å². The molecule has 2 atom stereocenters. The molecule has 0 aromatic heterocycles. The van der Waals surface area contributed by atoms with Crippen LogP contribution in [0.3, 0.4) is 0 Å². The Morgan fingerprint density at radius 3 is 2.00 bits per heavy atom. The number of hydrogen-bond acceptors (Lipinski definition) is 5. The Bertz CT molecular complexity index is 230. The summed E-state index contributed by atoms with van der Waals surface area (Å²) >= 11 is 0. The van der Waals surface area contributed by atoms with Gasteiger partial charge in [0.15, 0.2) is 0 Å². The van der Waals surface area contributed by atoms with Gasteiger partial charge < -0.3 is 22.7 Å². The lowest BCUT2D eigenvalue weighted by Crippen LogP contribution is -2.47. The molecule has 0 rings (SSSR count). The first-order valence-corrected chi connectivity index (χ1v) is 8.74. The van der Waals surface area contributed by atoms with Crippen LogP contribution in [0.4, 0.5) is 0 Å². The van der Waals surface area contributed by atoms with Gasteiger partial charge in [-0.05, 0) is 6.42 Å². The van der Waals surface area contributed by atoms with E-state index in [2.05, 4.69) is 0 Å². The first-order valence-electron chi connectivity index (χ1n) is 4.91. The molecule has 0 heterocycles. The van der Waals surface area contributed by atoms with Crippen LogP contribution < -0.4 is 0 Å². The van der Waals surface area contributed by atoms with Gasteiger partial charge in [0.2, 0.25) is 0 Å². The molecular weight excluding hydrogens is 251 g/mol. The molecule has 0 aromatic rings. The van der Waals surface area contributed by atoms with Gasteiger partial charge in [0, 0.05) is 33.5 Å². The lowest BCUT2D eigenvalue weighted by atomic mass is 10.3. The summed E-state index contributed by atoms with van der Waals surface area (Å²) in [7, 11) is -1.47. The molecule has 6 nitrogen and oxygen atoms in total. The van der Waals surface area contributed by atoms with Crippen molar-refractivity contribution in [1.29, 1.82) is 0 Å². The summed E-state index contributed by atoms with van der Waals surface area (Å²) in [5, 5.41) is 0. The van der Waals surface area contributed by atoms with Crippen LogP contribution >= 0.6 is 7.60 Å². The first kappa shape index (κ1) is 16.2. The van der Waals surface area contributed by atoms with Crippen LogP contribution in [0.5, 0.6) is 0 Å². The van der Waals surface area contributed by atoms with Crippen molar-refractivity contribution in [1.82, 2.24) is 0 Å². The zero-order valence-corrected chi connectivity index (χ0v) is 12.3. The largest absolute Gasteiger partial charge is 0.503 e. The highest BCUT2D eigenvalue weighted by Crippen LogP contribution is 2.37. The second kappa shape index (κ2) is 6.86. The van der Waals surface area contributed by atoms with Crippen molar-refractivity contribution in [3.05, 3.63) is 0 Å². The molecule has 0 aliphatic carbocycles. The molecule has 0 fully saturated rings. The van der Waals surface area contributed by atoms with Gasteiger partial charge in [0.1, 0.15) is 0 Å². The van der Waals surface area contributed by atoms with E-state index in [1.165, 1.54) is 21.3 Å². The van der Waals surface area contributed by atoms with Crippen molar-refractivity contribution < 1.29 is 27.3 Å². The van der Waals surface area contributed by atoms with E-state index in [9.17, 15) is 4.57 Å². The Morgan fingerprint density at radius 2 is 1.69 bits per heavy atom. The Balaban J connectivity index is 4.22. The van der Waals surface area contributed by atoms with E-state index in [1.807, 2.05) is 6.92 Å². The van der Waals surface area contributed by atoms with E-state index in [1.54, 1.807) is 0 Å². The second-order valence-electron chi connectivity index (χ2n) is 3.54. The highest BCUT2D eigenvalue weighted by Gasteiger charge is 2.44. The average molecular weight is 272 g/mol. The van der Waals surface area contributed by atoms with Crippen molar-refractivity contribution >= 4 is 16.4 Å². The maximum absolute atomic E-state index is 10.9.